The summed E-state index contributed by atoms with van der Waals surface area (Å²) in [5.41, 5.74) is 7.50. The Morgan fingerprint density at radius 3 is 2.88 bits per heavy atom. The van der Waals surface area contributed by atoms with Crippen LogP contribution in [0.25, 0.3) is 0 Å². The van der Waals surface area contributed by atoms with Crippen molar-refractivity contribution in [2.24, 2.45) is 16.6 Å². The quantitative estimate of drug-likeness (QED) is 0.557. The molecule has 140 valence electrons. The normalized spacial score (nSPS) is 15.6. The monoisotopic (exact) mass is 351 g/mol. The maximum atomic E-state index is 13.7. The van der Waals surface area contributed by atoms with Crippen LogP contribution in [0, 0.1) is 11.7 Å². The molecule has 1 aliphatic heterocycles. The predicted octanol–water partition coefficient (Wildman–Crippen LogP) is 3.35. The minimum atomic E-state index is -0.281. The molecule has 6 heteroatoms. The van der Waals surface area contributed by atoms with E-state index in [0.29, 0.717) is 31.6 Å². The van der Waals surface area contributed by atoms with Crippen LogP contribution < -0.4 is 15.8 Å². The van der Waals surface area contributed by atoms with E-state index in [1.165, 1.54) is 25.0 Å². The smallest absolute Gasteiger partial charge is 0.189 e. The molecule has 3 N–H and O–H groups in total. The molecule has 0 bridgehead atoms. The number of nitrogens with two attached hydrogens (primary N) is 1. The fourth-order valence-corrected chi connectivity index (χ4v) is 2.94. The zero-order valence-corrected chi connectivity index (χ0v) is 15.5. The van der Waals surface area contributed by atoms with Gasteiger partial charge in [-0.1, -0.05) is 26.7 Å². The third-order valence-electron chi connectivity index (χ3n) is 4.23. The summed E-state index contributed by atoms with van der Waals surface area (Å²) in [7, 11) is 0. The lowest BCUT2D eigenvalue weighted by Gasteiger charge is -2.20. The summed E-state index contributed by atoms with van der Waals surface area (Å²) in [5, 5.41) is 3.22. The van der Waals surface area contributed by atoms with Gasteiger partial charge in [0.15, 0.2) is 12.8 Å². The number of hydrogen-bond acceptors (Lipinski definition) is 3. The number of benzene rings is 1. The summed E-state index contributed by atoms with van der Waals surface area (Å²) in [4.78, 5) is 4.36. The molecule has 1 aromatic carbocycles. The first-order chi connectivity index (χ1) is 12.0. The Labute approximate surface area is 149 Å². The van der Waals surface area contributed by atoms with Crippen molar-refractivity contribution >= 4 is 5.96 Å². The zero-order chi connectivity index (χ0) is 18.2. The number of fused-ring (bicyclic) bond motifs is 1. The van der Waals surface area contributed by atoms with Gasteiger partial charge in [0.25, 0.3) is 0 Å². The molecule has 0 amide bonds. The van der Waals surface area contributed by atoms with Crippen LogP contribution >= 0.6 is 0 Å². The van der Waals surface area contributed by atoms with E-state index in [9.17, 15) is 4.39 Å². The standard InChI is InChI=1S/C19H30FN3O2/c1-13(2)5-4-6-14(3)23-19(21)22-8-7-15-9-17(20)10-16-11-24-12-25-18(15)16/h9-10,13-14H,4-8,11-12H2,1-3H3,(H3,21,22,23). The lowest BCUT2D eigenvalue weighted by Crippen LogP contribution is -2.38. The van der Waals surface area contributed by atoms with Gasteiger partial charge < -0.3 is 20.5 Å². The van der Waals surface area contributed by atoms with E-state index in [4.69, 9.17) is 15.2 Å². The van der Waals surface area contributed by atoms with Crippen molar-refractivity contribution in [1.29, 1.82) is 0 Å². The highest BCUT2D eigenvalue weighted by Gasteiger charge is 2.16. The highest BCUT2D eigenvalue weighted by molar-refractivity contribution is 5.78. The van der Waals surface area contributed by atoms with Crippen LogP contribution in [0.15, 0.2) is 17.1 Å². The minimum absolute atomic E-state index is 0.201. The van der Waals surface area contributed by atoms with Crippen LogP contribution in [0.3, 0.4) is 0 Å². The van der Waals surface area contributed by atoms with Crippen molar-refractivity contribution < 1.29 is 13.9 Å². The van der Waals surface area contributed by atoms with Crippen LogP contribution in [0.5, 0.6) is 5.75 Å². The molecule has 25 heavy (non-hydrogen) atoms. The molecule has 1 heterocycles. The van der Waals surface area contributed by atoms with Crippen molar-refractivity contribution in [2.45, 2.75) is 59.1 Å². The molecule has 0 radical (unpaired) electrons. The summed E-state index contributed by atoms with van der Waals surface area (Å²) in [6, 6.07) is 3.25. The average Bonchev–Trinajstić information content (AvgIpc) is 2.54. The molecule has 1 aromatic rings. The van der Waals surface area contributed by atoms with Gasteiger partial charge in [-0.05, 0) is 43.4 Å². The minimum Gasteiger partial charge on any atom is -0.467 e. The van der Waals surface area contributed by atoms with Gasteiger partial charge in [-0.25, -0.2) is 4.39 Å². The third kappa shape index (κ3) is 6.53. The Bertz CT molecular complexity index is 590. The van der Waals surface area contributed by atoms with E-state index < -0.39 is 0 Å². The van der Waals surface area contributed by atoms with Crippen LogP contribution in [0.2, 0.25) is 0 Å². The van der Waals surface area contributed by atoms with E-state index in [1.54, 1.807) is 0 Å². The van der Waals surface area contributed by atoms with Crippen molar-refractivity contribution in [3.8, 4) is 5.75 Å². The fourth-order valence-electron chi connectivity index (χ4n) is 2.94. The number of hydrogen-bond donors (Lipinski definition) is 2. The summed E-state index contributed by atoms with van der Waals surface area (Å²) in [6.45, 7) is 7.63. The largest absolute Gasteiger partial charge is 0.467 e. The molecule has 0 aliphatic carbocycles. The van der Waals surface area contributed by atoms with Crippen molar-refractivity contribution in [2.75, 3.05) is 13.3 Å². The SMILES string of the molecule is CC(C)CCCC(C)NC(N)=NCCc1cc(F)cc2c1OCOC2. The maximum absolute atomic E-state index is 13.7. The van der Waals surface area contributed by atoms with E-state index in [-0.39, 0.29) is 12.6 Å². The number of aliphatic imine (C=N–C) groups is 1. The van der Waals surface area contributed by atoms with Crippen LogP contribution in [0.4, 0.5) is 4.39 Å². The number of guanidine groups is 1. The fraction of sp³-hybridized carbons (Fsp3) is 0.632. The van der Waals surface area contributed by atoms with E-state index >= 15 is 0 Å². The molecule has 1 atom stereocenters. The lowest BCUT2D eigenvalue weighted by molar-refractivity contribution is -0.0172. The van der Waals surface area contributed by atoms with Gasteiger partial charge in [-0.2, -0.15) is 0 Å². The molecule has 1 aliphatic rings. The van der Waals surface area contributed by atoms with E-state index in [2.05, 4.69) is 31.1 Å². The zero-order valence-electron chi connectivity index (χ0n) is 15.5. The first kappa shape index (κ1) is 19.5. The van der Waals surface area contributed by atoms with Crippen LogP contribution in [0.1, 0.15) is 51.2 Å². The van der Waals surface area contributed by atoms with Gasteiger partial charge in [-0.15, -0.1) is 0 Å². The molecular formula is C19H30FN3O2. The molecule has 0 spiro atoms. The lowest BCUT2D eigenvalue weighted by atomic mass is 10.0. The molecular weight excluding hydrogens is 321 g/mol. The molecule has 2 rings (SSSR count). The van der Waals surface area contributed by atoms with Crippen molar-refractivity contribution in [3.05, 3.63) is 29.1 Å². The summed E-state index contributed by atoms with van der Waals surface area (Å²) in [5.74, 6) is 1.60. The number of halogens is 1. The second-order valence-corrected chi connectivity index (χ2v) is 7.05. The summed E-state index contributed by atoms with van der Waals surface area (Å²) in [6.07, 6.45) is 4.04. The van der Waals surface area contributed by atoms with Gasteiger partial charge in [0, 0.05) is 18.2 Å². The first-order valence-corrected chi connectivity index (χ1v) is 9.04. The number of nitrogens with zero attached hydrogens (tertiary/aromatic N) is 1. The molecule has 0 saturated heterocycles. The van der Waals surface area contributed by atoms with Gasteiger partial charge in [-0.3, -0.25) is 4.99 Å². The average molecular weight is 351 g/mol. The van der Waals surface area contributed by atoms with E-state index in [0.717, 1.165) is 29.2 Å². The Balaban J connectivity index is 1.83. The molecule has 1 unspecified atom stereocenters. The number of ether oxygens (including phenoxy) is 2. The predicted molar refractivity (Wildman–Crippen MR) is 98.2 cm³/mol. The van der Waals surface area contributed by atoms with Crippen molar-refractivity contribution in [1.82, 2.24) is 5.32 Å². The maximum Gasteiger partial charge on any atom is 0.189 e. The van der Waals surface area contributed by atoms with Crippen molar-refractivity contribution in [3.63, 3.8) is 0 Å². The highest BCUT2D eigenvalue weighted by Crippen LogP contribution is 2.29. The van der Waals surface area contributed by atoms with Gasteiger partial charge in [0.05, 0.1) is 6.61 Å². The third-order valence-corrected chi connectivity index (χ3v) is 4.23. The Hall–Kier alpha value is -1.82. The molecule has 0 saturated carbocycles. The Kier molecular flexibility index (Phi) is 7.50. The summed E-state index contributed by atoms with van der Waals surface area (Å²) >= 11 is 0. The molecule has 0 fully saturated rings. The Morgan fingerprint density at radius 1 is 1.32 bits per heavy atom. The second-order valence-electron chi connectivity index (χ2n) is 7.05. The number of rotatable bonds is 8. The Morgan fingerprint density at radius 2 is 2.12 bits per heavy atom. The van der Waals surface area contributed by atoms with Crippen LogP contribution in [-0.4, -0.2) is 25.3 Å². The van der Waals surface area contributed by atoms with Gasteiger partial charge in [0.2, 0.25) is 0 Å². The molecule has 0 aromatic heterocycles. The highest BCUT2D eigenvalue weighted by atomic mass is 19.1. The number of nitrogens with one attached hydrogen (secondary N) is 1. The van der Waals surface area contributed by atoms with Crippen LogP contribution in [-0.2, 0) is 17.8 Å². The topological polar surface area (TPSA) is 68.9 Å². The molecule has 5 nitrogen and oxygen atoms in total. The van der Waals surface area contributed by atoms with E-state index in [1.807, 2.05) is 0 Å². The summed E-state index contributed by atoms with van der Waals surface area (Å²) < 4.78 is 24.4. The first-order valence-electron chi connectivity index (χ1n) is 9.04. The second kappa shape index (κ2) is 9.61. The van der Waals surface area contributed by atoms with Gasteiger partial charge >= 0.3 is 0 Å². The van der Waals surface area contributed by atoms with Gasteiger partial charge in [0.1, 0.15) is 11.6 Å².